The van der Waals surface area contributed by atoms with Crippen molar-refractivity contribution in [2.75, 3.05) is 0 Å². The lowest BCUT2D eigenvalue weighted by atomic mass is 10.1. The first-order valence-corrected chi connectivity index (χ1v) is 7.53. The summed E-state index contributed by atoms with van der Waals surface area (Å²) < 4.78 is 2.11. The molecule has 0 fully saturated rings. The quantitative estimate of drug-likeness (QED) is 0.935. The molecule has 0 unspecified atom stereocenters. The molecule has 2 aromatic rings. The summed E-state index contributed by atoms with van der Waals surface area (Å²) >= 11 is 0. The Morgan fingerprint density at radius 2 is 2.23 bits per heavy atom. The van der Waals surface area contributed by atoms with Gasteiger partial charge in [0, 0.05) is 37.8 Å². The Balaban J connectivity index is 1.47. The number of hydrogen-bond donors (Lipinski definition) is 1. The Kier molecular flexibility index (Phi) is 4.19. The van der Waals surface area contributed by atoms with Crippen LogP contribution >= 0.6 is 0 Å². The molecule has 1 amide bonds. The van der Waals surface area contributed by atoms with E-state index < -0.39 is 0 Å². The maximum absolute atomic E-state index is 12.1. The molecular weight excluding hydrogens is 276 g/mol. The van der Waals surface area contributed by atoms with E-state index in [1.165, 1.54) is 0 Å². The molecule has 0 aliphatic carbocycles. The Labute approximate surface area is 129 Å². The second kappa shape index (κ2) is 6.44. The van der Waals surface area contributed by atoms with Gasteiger partial charge in [0.15, 0.2) is 0 Å². The molecule has 0 bridgehead atoms. The van der Waals surface area contributed by atoms with Crippen molar-refractivity contribution in [1.82, 2.24) is 14.9 Å². The van der Waals surface area contributed by atoms with Crippen LogP contribution in [0.2, 0.25) is 0 Å². The van der Waals surface area contributed by atoms with Crippen molar-refractivity contribution in [1.29, 1.82) is 5.26 Å². The molecule has 1 atom stereocenters. The van der Waals surface area contributed by atoms with Gasteiger partial charge in [0.1, 0.15) is 5.82 Å². The molecule has 0 saturated carbocycles. The van der Waals surface area contributed by atoms with Gasteiger partial charge >= 0.3 is 0 Å². The number of carbonyl (C=O) groups is 1. The standard InChI is InChI=1S/C17H18N4O/c18-11-14-3-1-13(2-4-14)5-8-17(22)20-15-6-7-16-19-9-10-21(16)12-15/h1-4,9-10,15H,5-8,12H2,(H,20,22)/t15-/m1/s1. The van der Waals surface area contributed by atoms with Crippen molar-refractivity contribution in [2.24, 2.45) is 0 Å². The van der Waals surface area contributed by atoms with Gasteiger partial charge in [0.25, 0.3) is 0 Å². The molecule has 1 aromatic heterocycles. The van der Waals surface area contributed by atoms with Gasteiger partial charge in [-0.3, -0.25) is 4.79 Å². The largest absolute Gasteiger partial charge is 0.352 e. The lowest BCUT2D eigenvalue weighted by molar-refractivity contribution is -0.122. The second-order valence-corrected chi connectivity index (χ2v) is 5.61. The monoisotopic (exact) mass is 294 g/mol. The molecule has 22 heavy (non-hydrogen) atoms. The van der Waals surface area contributed by atoms with Gasteiger partial charge in [-0.05, 0) is 30.5 Å². The third-order valence-corrected chi connectivity index (χ3v) is 4.02. The van der Waals surface area contributed by atoms with Crippen molar-refractivity contribution in [3.8, 4) is 6.07 Å². The number of hydrogen-bond acceptors (Lipinski definition) is 3. The fourth-order valence-corrected chi connectivity index (χ4v) is 2.79. The van der Waals surface area contributed by atoms with Crippen molar-refractivity contribution >= 4 is 5.91 Å². The third-order valence-electron chi connectivity index (χ3n) is 4.02. The zero-order valence-corrected chi connectivity index (χ0v) is 12.3. The van der Waals surface area contributed by atoms with E-state index in [4.69, 9.17) is 5.26 Å². The van der Waals surface area contributed by atoms with E-state index in [2.05, 4.69) is 20.9 Å². The van der Waals surface area contributed by atoms with Crippen LogP contribution < -0.4 is 5.32 Å². The zero-order valence-electron chi connectivity index (χ0n) is 12.3. The van der Waals surface area contributed by atoms with Crippen LogP contribution in [0, 0.1) is 11.3 Å². The van der Waals surface area contributed by atoms with Crippen molar-refractivity contribution < 1.29 is 4.79 Å². The summed E-state index contributed by atoms with van der Waals surface area (Å²) in [4.78, 5) is 16.4. The van der Waals surface area contributed by atoms with E-state index in [0.717, 1.165) is 30.8 Å². The number of nitrogens with zero attached hydrogens (tertiary/aromatic N) is 3. The van der Waals surface area contributed by atoms with Gasteiger partial charge in [0.05, 0.1) is 11.6 Å². The van der Waals surface area contributed by atoms with Gasteiger partial charge in [-0.25, -0.2) is 4.98 Å². The van der Waals surface area contributed by atoms with Crippen LogP contribution in [0.1, 0.15) is 29.8 Å². The minimum absolute atomic E-state index is 0.0814. The number of imidazole rings is 1. The summed E-state index contributed by atoms with van der Waals surface area (Å²) in [6.07, 6.45) is 6.79. The number of rotatable bonds is 4. The van der Waals surface area contributed by atoms with Gasteiger partial charge in [-0.1, -0.05) is 12.1 Å². The molecule has 0 saturated heterocycles. The molecule has 1 N–H and O–H groups in total. The predicted molar refractivity (Wildman–Crippen MR) is 82.0 cm³/mol. The average Bonchev–Trinajstić information content (AvgIpc) is 3.01. The van der Waals surface area contributed by atoms with E-state index in [1.807, 2.05) is 24.5 Å². The van der Waals surface area contributed by atoms with E-state index in [-0.39, 0.29) is 11.9 Å². The third kappa shape index (κ3) is 3.34. The van der Waals surface area contributed by atoms with Gasteiger partial charge in [0.2, 0.25) is 5.91 Å². The normalized spacial score (nSPS) is 16.6. The number of aryl methyl sites for hydroxylation is 2. The highest BCUT2D eigenvalue weighted by molar-refractivity contribution is 5.76. The van der Waals surface area contributed by atoms with E-state index in [1.54, 1.807) is 12.1 Å². The lowest BCUT2D eigenvalue weighted by Crippen LogP contribution is -2.40. The number of carbonyl (C=O) groups excluding carboxylic acids is 1. The summed E-state index contributed by atoms with van der Waals surface area (Å²) in [5.74, 6) is 1.18. The number of fused-ring (bicyclic) bond motifs is 1. The number of nitriles is 1. The van der Waals surface area contributed by atoms with Crippen LogP contribution in [0.5, 0.6) is 0 Å². The van der Waals surface area contributed by atoms with Crippen LogP contribution in [0.4, 0.5) is 0 Å². The zero-order chi connectivity index (χ0) is 15.4. The van der Waals surface area contributed by atoms with Crippen molar-refractivity contribution in [2.45, 2.75) is 38.3 Å². The lowest BCUT2D eigenvalue weighted by Gasteiger charge is -2.24. The molecule has 112 valence electrons. The van der Waals surface area contributed by atoms with Crippen LogP contribution in [0.15, 0.2) is 36.7 Å². The summed E-state index contributed by atoms with van der Waals surface area (Å²) in [5.41, 5.74) is 1.72. The maximum Gasteiger partial charge on any atom is 0.220 e. The fraction of sp³-hybridized carbons (Fsp3) is 0.353. The number of nitrogens with one attached hydrogen (secondary N) is 1. The maximum atomic E-state index is 12.1. The summed E-state index contributed by atoms with van der Waals surface area (Å²) in [6.45, 7) is 0.804. The highest BCUT2D eigenvalue weighted by Gasteiger charge is 2.19. The Bertz CT molecular complexity index is 696. The van der Waals surface area contributed by atoms with E-state index >= 15 is 0 Å². The molecule has 1 aliphatic heterocycles. The number of aromatic nitrogens is 2. The smallest absolute Gasteiger partial charge is 0.220 e. The minimum atomic E-state index is 0.0814. The molecule has 2 heterocycles. The van der Waals surface area contributed by atoms with Crippen LogP contribution in [-0.2, 0) is 24.2 Å². The Morgan fingerprint density at radius 1 is 1.41 bits per heavy atom. The topological polar surface area (TPSA) is 70.7 Å². The van der Waals surface area contributed by atoms with Gasteiger partial charge < -0.3 is 9.88 Å². The van der Waals surface area contributed by atoms with Crippen molar-refractivity contribution in [3.05, 3.63) is 53.6 Å². The SMILES string of the molecule is N#Cc1ccc(CCC(=O)N[C@@H]2CCc3nccn3C2)cc1. The average molecular weight is 294 g/mol. The molecular formula is C17H18N4O. The Morgan fingerprint density at radius 3 is 3.00 bits per heavy atom. The number of amides is 1. The first-order chi connectivity index (χ1) is 10.7. The van der Waals surface area contributed by atoms with Crippen LogP contribution in [-0.4, -0.2) is 21.5 Å². The van der Waals surface area contributed by atoms with Crippen molar-refractivity contribution in [3.63, 3.8) is 0 Å². The molecule has 0 radical (unpaired) electrons. The highest BCUT2D eigenvalue weighted by atomic mass is 16.1. The number of benzene rings is 1. The van der Waals surface area contributed by atoms with E-state index in [9.17, 15) is 4.79 Å². The highest BCUT2D eigenvalue weighted by Crippen LogP contribution is 2.13. The molecule has 5 heteroatoms. The summed E-state index contributed by atoms with van der Waals surface area (Å²) in [6, 6.07) is 9.67. The second-order valence-electron chi connectivity index (χ2n) is 5.61. The fourth-order valence-electron chi connectivity index (χ4n) is 2.79. The van der Waals surface area contributed by atoms with Gasteiger partial charge in [-0.2, -0.15) is 5.26 Å². The predicted octanol–water partition coefficient (Wildman–Crippen LogP) is 1.82. The molecule has 1 aromatic carbocycles. The molecule has 0 spiro atoms. The van der Waals surface area contributed by atoms with Crippen LogP contribution in [0.25, 0.3) is 0 Å². The van der Waals surface area contributed by atoms with E-state index in [0.29, 0.717) is 18.4 Å². The molecule has 5 nitrogen and oxygen atoms in total. The van der Waals surface area contributed by atoms with Gasteiger partial charge in [-0.15, -0.1) is 0 Å². The summed E-state index contributed by atoms with van der Waals surface area (Å²) in [7, 11) is 0. The Hall–Kier alpha value is -2.61. The summed E-state index contributed by atoms with van der Waals surface area (Å²) in [5, 5.41) is 11.9. The first kappa shape index (κ1) is 14.3. The molecule has 3 rings (SSSR count). The molecule has 1 aliphatic rings. The first-order valence-electron chi connectivity index (χ1n) is 7.53. The minimum Gasteiger partial charge on any atom is -0.352 e. The van der Waals surface area contributed by atoms with Crippen LogP contribution in [0.3, 0.4) is 0 Å².